The van der Waals surface area contributed by atoms with Gasteiger partial charge in [-0.1, -0.05) is 55.3 Å². The van der Waals surface area contributed by atoms with Gasteiger partial charge in [0.2, 0.25) is 0 Å². The molecule has 0 aliphatic heterocycles. The third-order valence-electron chi connectivity index (χ3n) is 3.91. The maximum Gasteiger partial charge on any atom is 0.140 e. The van der Waals surface area contributed by atoms with Crippen LogP contribution in [0, 0.1) is 5.92 Å². The fourth-order valence-corrected chi connectivity index (χ4v) is 3.60. The molecule has 1 atom stereocenters. The highest BCUT2D eigenvalue weighted by molar-refractivity contribution is 8.02. The van der Waals surface area contributed by atoms with Crippen LogP contribution in [0.2, 0.25) is 0 Å². The third kappa shape index (κ3) is 4.52. The standard InChI is InChI=1S/C18H24OS/c1-2-3-13-18(19)17-12-8-7-9-15(17)14-20-16-10-5-4-6-11-16/h4-6,10-11,14,17H,2-3,7-9,12-13H2,1H3/b15-14-. The summed E-state index contributed by atoms with van der Waals surface area (Å²) in [6.07, 6.45) is 7.50. The molecule has 1 aliphatic rings. The Morgan fingerprint density at radius 2 is 2.10 bits per heavy atom. The van der Waals surface area contributed by atoms with Crippen LogP contribution in [0.25, 0.3) is 0 Å². The summed E-state index contributed by atoms with van der Waals surface area (Å²) in [6, 6.07) is 10.4. The smallest absolute Gasteiger partial charge is 0.140 e. The summed E-state index contributed by atoms with van der Waals surface area (Å²) >= 11 is 1.76. The average molecular weight is 288 g/mol. The molecule has 0 saturated heterocycles. The van der Waals surface area contributed by atoms with Crippen molar-refractivity contribution in [3.8, 4) is 0 Å². The Bertz CT molecular complexity index is 450. The van der Waals surface area contributed by atoms with Gasteiger partial charge in [-0.2, -0.15) is 0 Å². The first-order valence-electron chi connectivity index (χ1n) is 7.74. The Balaban J connectivity index is 2.00. The minimum atomic E-state index is 0.200. The number of carbonyl (C=O) groups is 1. The van der Waals surface area contributed by atoms with Crippen LogP contribution in [-0.4, -0.2) is 5.78 Å². The molecule has 1 unspecified atom stereocenters. The van der Waals surface area contributed by atoms with Crippen LogP contribution in [0.1, 0.15) is 51.9 Å². The molecule has 0 spiro atoms. The lowest BCUT2D eigenvalue weighted by atomic mass is 9.81. The van der Waals surface area contributed by atoms with Gasteiger partial charge >= 0.3 is 0 Å². The molecule has 0 N–H and O–H groups in total. The molecule has 1 fully saturated rings. The lowest BCUT2D eigenvalue weighted by Gasteiger charge is -2.24. The second kappa shape index (κ2) is 8.31. The number of hydrogen-bond donors (Lipinski definition) is 0. The normalized spacial score (nSPS) is 21.1. The first kappa shape index (κ1) is 15.4. The second-order valence-electron chi connectivity index (χ2n) is 5.49. The van der Waals surface area contributed by atoms with Crippen molar-refractivity contribution in [2.75, 3.05) is 0 Å². The molecule has 20 heavy (non-hydrogen) atoms. The number of rotatable bonds is 6. The fraction of sp³-hybridized carbons (Fsp3) is 0.500. The van der Waals surface area contributed by atoms with E-state index in [-0.39, 0.29) is 5.92 Å². The van der Waals surface area contributed by atoms with E-state index in [2.05, 4.69) is 36.6 Å². The Kier molecular flexibility index (Phi) is 6.38. The molecule has 1 nitrogen and oxygen atoms in total. The van der Waals surface area contributed by atoms with Crippen molar-refractivity contribution in [2.24, 2.45) is 5.92 Å². The third-order valence-corrected chi connectivity index (χ3v) is 4.88. The van der Waals surface area contributed by atoms with E-state index in [1.165, 1.54) is 23.3 Å². The van der Waals surface area contributed by atoms with Crippen LogP contribution in [-0.2, 0) is 4.79 Å². The monoisotopic (exact) mass is 288 g/mol. The first-order chi connectivity index (χ1) is 9.81. The molecule has 2 heteroatoms. The molecule has 0 heterocycles. The minimum absolute atomic E-state index is 0.200. The van der Waals surface area contributed by atoms with Crippen molar-refractivity contribution >= 4 is 17.5 Å². The predicted molar refractivity (Wildman–Crippen MR) is 86.9 cm³/mol. The van der Waals surface area contributed by atoms with Gasteiger partial charge in [0.05, 0.1) is 0 Å². The number of hydrogen-bond acceptors (Lipinski definition) is 2. The molecule has 0 aromatic heterocycles. The van der Waals surface area contributed by atoms with Crippen LogP contribution in [0.4, 0.5) is 0 Å². The van der Waals surface area contributed by atoms with Gasteiger partial charge in [0.25, 0.3) is 0 Å². The molecule has 108 valence electrons. The van der Waals surface area contributed by atoms with Gasteiger partial charge in [0.1, 0.15) is 5.78 Å². The molecule has 1 aromatic rings. The summed E-state index contributed by atoms with van der Waals surface area (Å²) in [4.78, 5) is 13.6. The van der Waals surface area contributed by atoms with E-state index >= 15 is 0 Å². The van der Waals surface area contributed by atoms with Crippen LogP contribution < -0.4 is 0 Å². The van der Waals surface area contributed by atoms with Crippen molar-refractivity contribution in [1.29, 1.82) is 0 Å². The lowest BCUT2D eigenvalue weighted by molar-refractivity contribution is -0.122. The maximum absolute atomic E-state index is 12.3. The summed E-state index contributed by atoms with van der Waals surface area (Å²) in [6.45, 7) is 2.15. The Morgan fingerprint density at radius 3 is 2.85 bits per heavy atom. The number of unbranched alkanes of at least 4 members (excludes halogenated alkanes) is 1. The summed E-state index contributed by atoms with van der Waals surface area (Å²) in [5.74, 6) is 0.665. The van der Waals surface area contributed by atoms with Crippen LogP contribution in [0.15, 0.2) is 46.2 Å². The fourth-order valence-electron chi connectivity index (χ4n) is 2.71. The molecule has 0 amide bonds. The van der Waals surface area contributed by atoms with Crippen molar-refractivity contribution in [3.05, 3.63) is 41.3 Å². The highest BCUT2D eigenvalue weighted by Gasteiger charge is 2.24. The number of Topliss-reactive ketones (excluding diaryl/α,β-unsaturated/α-hetero) is 1. The molecule has 0 radical (unpaired) electrons. The van der Waals surface area contributed by atoms with Crippen molar-refractivity contribution in [3.63, 3.8) is 0 Å². The molecule has 1 aliphatic carbocycles. The van der Waals surface area contributed by atoms with Crippen molar-refractivity contribution in [2.45, 2.75) is 56.8 Å². The Morgan fingerprint density at radius 1 is 1.30 bits per heavy atom. The number of ketones is 1. The Hall–Kier alpha value is -1.02. The highest BCUT2D eigenvalue weighted by Crippen LogP contribution is 2.34. The summed E-state index contributed by atoms with van der Waals surface area (Å²) in [5, 5.41) is 2.24. The lowest BCUT2D eigenvalue weighted by Crippen LogP contribution is -2.20. The van der Waals surface area contributed by atoms with Crippen molar-refractivity contribution in [1.82, 2.24) is 0 Å². The van der Waals surface area contributed by atoms with E-state index in [4.69, 9.17) is 0 Å². The van der Waals surface area contributed by atoms with E-state index in [9.17, 15) is 4.79 Å². The summed E-state index contributed by atoms with van der Waals surface area (Å²) in [5.41, 5.74) is 1.37. The molecule has 2 rings (SSSR count). The van der Waals surface area contributed by atoms with Gasteiger partial charge < -0.3 is 0 Å². The van der Waals surface area contributed by atoms with Gasteiger partial charge in [-0.15, -0.1) is 0 Å². The van der Waals surface area contributed by atoms with Gasteiger partial charge in [-0.3, -0.25) is 4.79 Å². The Labute approximate surface area is 126 Å². The van der Waals surface area contributed by atoms with E-state index < -0.39 is 0 Å². The maximum atomic E-state index is 12.3. The quantitative estimate of drug-likeness (QED) is 0.633. The molecular weight excluding hydrogens is 264 g/mol. The van der Waals surface area contributed by atoms with E-state index in [1.807, 2.05) is 6.07 Å². The molecular formula is C18H24OS. The number of allylic oxidation sites excluding steroid dienone is 1. The van der Waals surface area contributed by atoms with Crippen LogP contribution >= 0.6 is 11.8 Å². The minimum Gasteiger partial charge on any atom is -0.299 e. The van der Waals surface area contributed by atoms with E-state index in [0.717, 1.165) is 32.1 Å². The van der Waals surface area contributed by atoms with Gasteiger partial charge in [0.15, 0.2) is 0 Å². The predicted octanol–water partition coefficient (Wildman–Crippen LogP) is 5.61. The topological polar surface area (TPSA) is 17.1 Å². The molecule has 1 saturated carbocycles. The van der Waals surface area contributed by atoms with Gasteiger partial charge in [-0.25, -0.2) is 0 Å². The van der Waals surface area contributed by atoms with Crippen LogP contribution in [0.5, 0.6) is 0 Å². The number of benzene rings is 1. The SMILES string of the molecule is CCCCC(=O)C1CCCC/C1=C/Sc1ccccc1. The van der Waals surface area contributed by atoms with Gasteiger partial charge in [0, 0.05) is 17.2 Å². The summed E-state index contributed by atoms with van der Waals surface area (Å²) in [7, 11) is 0. The van der Waals surface area contributed by atoms with E-state index in [1.54, 1.807) is 11.8 Å². The number of carbonyl (C=O) groups excluding carboxylic acids is 1. The zero-order chi connectivity index (χ0) is 14.2. The average Bonchev–Trinajstić information content (AvgIpc) is 2.52. The first-order valence-corrected chi connectivity index (χ1v) is 8.62. The zero-order valence-electron chi connectivity index (χ0n) is 12.3. The highest BCUT2D eigenvalue weighted by atomic mass is 32.2. The summed E-state index contributed by atoms with van der Waals surface area (Å²) < 4.78 is 0. The van der Waals surface area contributed by atoms with E-state index in [0.29, 0.717) is 5.78 Å². The molecule has 1 aromatic carbocycles. The van der Waals surface area contributed by atoms with Crippen LogP contribution in [0.3, 0.4) is 0 Å². The van der Waals surface area contributed by atoms with Gasteiger partial charge in [-0.05, 0) is 43.2 Å². The zero-order valence-corrected chi connectivity index (χ0v) is 13.1. The number of thioether (sulfide) groups is 1. The molecule has 0 bridgehead atoms. The second-order valence-corrected chi connectivity index (χ2v) is 6.43. The van der Waals surface area contributed by atoms with Crippen molar-refractivity contribution < 1.29 is 4.79 Å². The largest absolute Gasteiger partial charge is 0.299 e.